The van der Waals surface area contributed by atoms with Crippen molar-refractivity contribution >= 4 is 5.69 Å². The number of methoxy groups -OCH3 is 1. The van der Waals surface area contributed by atoms with Crippen LogP contribution in [0, 0.1) is 10.1 Å². The smallest absolute Gasteiger partial charge is 0.273 e. The third-order valence-electron chi connectivity index (χ3n) is 4.20. The van der Waals surface area contributed by atoms with Gasteiger partial charge in [0.1, 0.15) is 5.75 Å². The first kappa shape index (κ1) is 15.7. The van der Waals surface area contributed by atoms with E-state index in [4.69, 9.17) is 4.74 Å². The van der Waals surface area contributed by atoms with Crippen LogP contribution >= 0.6 is 0 Å². The standard InChI is InChI=1S/C15H23N3O3/c1-11-6-13(4-5-17(11)2)16-10-12-7-14(18(19)20)9-15(8-12)21-3/h7-9,11,13,16H,4-6,10H2,1-3H3. The van der Waals surface area contributed by atoms with Crippen LogP contribution in [0.25, 0.3) is 0 Å². The SMILES string of the molecule is COc1cc(CNC2CCN(C)C(C)C2)cc([N+](=O)[O-])c1. The van der Waals surface area contributed by atoms with Gasteiger partial charge in [0.2, 0.25) is 0 Å². The summed E-state index contributed by atoms with van der Waals surface area (Å²) in [6.07, 6.45) is 2.20. The van der Waals surface area contributed by atoms with Gasteiger partial charge >= 0.3 is 0 Å². The van der Waals surface area contributed by atoms with E-state index in [1.165, 1.54) is 13.2 Å². The lowest BCUT2D eigenvalue weighted by molar-refractivity contribution is -0.385. The lowest BCUT2D eigenvalue weighted by Crippen LogP contribution is -2.45. The van der Waals surface area contributed by atoms with Crippen LogP contribution in [0.5, 0.6) is 5.75 Å². The quantitative estimate of drug-likeness (QED) is 0.665. The van der Waals surface area contributed by atoms with E-state index in [0.717, 1.165) is 24.9 Å². The van der Waals surface area contributed by atoms with Crippen LogP contribution in [-0.2, 0) is 6.54 Å². The summed E-state index contributed by atoms with van der Waals surface area (Å²) >= 11 is 0. The minimum atomic E-state index is -0.385. The molecule has 0 radical (unpaired) electrons. The van der Waals surface area contributed by atoms with E-state index in [2.05, 4.69) is 24.2 Å². The third kappa shape index (κ3) is 4.15. The number of nitrogens with zero attached hydrogens (tertiary/aromatic N) is 2. The van der Waals surface area contributed by atoms with Gasteiger partial charge in [-0.3, -0.25) is 10.1 Å². The van der Waals surface area contributed by atoms with Crippen molar-refractivity contribution in [3.05, 3.63) is 33.9 Å². The molecule has 1 aromatic carbocycles. The summed E-state index contributed by atoms with van der Waals surface area (Å²) in [5.74, 6) is 0.526. The lowest BCUT2D eigenvalue weighted by atomic mass is 9.98. The van der Waals surface area contributed by atoms with E-state index in [9.17, 15) is 10.1 Å². The largest absolute Gasteiger partial charge is 0.496 e. The number of benzene rings is 1. The highest BCUT2D eigenvalue weighted by molar-refractivity contribution is 5.42. The molecule has 1 saturated heterocycles. The number of piperidine rings is 1. The molecule has 1 fully saturated rings. The van der Waals surface area contributed by atoms with Crippen molar-refractivity contribution in [2.45, 2.75) is 38.4 Å². The zero-order valence-electron chi connectivity index (χ0n) is 12.8. The van der Waals surface area contributed by atoms with Crippen LogP contribution < -0.4 is 10.1 Å². The Labute approximate surface area is 125 Å². The van der Waals surface area contributed by atoms with Crippen LogP contribution in [0.4, 0.5) is 5.69 Å². The first-order chi connectivity index (χ1) is 9.99. The maximum Gasteiger partial charge on any atom is 0.273 e. The summed E-state index contributed by atoms with van der Waals surface area (Å²) in [7, 11) is 3.67. The number of ether oxygens (including phenoxy) is 1. The van der Waals surface area contributed by atoms with Gasteiger partial charge in [-0.25, -0.2) is 0 Å². The summed E-state index contributed by atoms with van der Waals surface area (Å²) in [5, 5.41) is 14.4. The molecular weight excluding hydrogens is 270 g/mol. The summed E-state index contributed by atoms with van der Waals surface area (Å²) in [6, 6.07) is 5.92. The fourth-order valence-electron chi connectivity index (χ4n) is 2.71. The molecule has 0 aliphatic carbocycles. The fraction of sp³-hybridized carbons (Fsp3) is 0.600. The molecular formula is C15H23N3O3. The fourth-order valence-corrected chi connectivity index (χ4v) is 2.71. The van der Waals surface area contributed by atoms with E-state index >= 15 is 0 Å². The normalized spacial score (nSPS) is 23.0. The Hall–Kier alpha value is -1.66. The van der Waals surface area contributed by atoms with E-state index in [1.54, 1.807) is 6.07 Å². The maximum atomic E-state index is 10.9. The van der Waals surface area contributed by atoms with Crippen LogP contribution in [0.3, 0.4) is 0 Å². The molecule has 2 atom stereocenters. The zero-order chi connectivity index (χ0) is 15.4. The van der Waals surface area contributed by atoms with Crippen LogP contribution in [-0.4, -0.2) is 42.6 Å². The first-order valence-corrected chi connectivity index (χ1v) is 7.25. The van der Waals surface area contributed by atoms with Crippen molar-refractivity contribution in [3.63, 3.8) is 0 Å². The Balaban J connectivity index is 1.99. The van der Waals surface area contributed by atoms with E-state index < -0.39 is 0 Å². The first-order valence-electron chi connectivity index (χ1n) is 7.25. The lowest BCUT2D eigenvalue weighted by Gasteiger charge is -2.35. The predicted molar refractivity (Wildman–Crippen MR) is 81.6 cm³/mol. The average Bonchev–Trinajstić information content (AvgIpc) is 2.48. The van der Waals surface area contributed by atoms with Gasteiger partial charge in [-0.1, -0.05) is 0 Å². The Morgan fingerprint density at radius 2 is 2.24 bits per heavy atom. The molecule has 2 unspecified atom stereocenters. The summed E-state index contributed by atoms with van der Waals surface area (Å²) < 4.78 is 5.13. The number of nitro groups is 1. The molecule has 1 aliphatic heterocycles. The second-order valence-corrected chi connectivity index (χ2v) is 5.73. The number of likely N-dealkylation sites (tertiary alicyclic amines) is 1. The van der Waals surface area contributed by atoms with E-state index in [1.807, 2.05) is 6.07 Å². The van der Waals surface area contributed by atoms with Crippen LogP contribution in [0.1, 0.15) is 25.3 Å². The van der Waals surface area contributed by atoms with Gasteiger partial charge in [-0.05, 0) is 45.0 Å². The van der Waals surface area contributed by atoms with E-state index in [-0.39, 0.29) is 10.6 Å². The van der Waals surface area contributed by atoms with Gasteiger partial charge in [0, 0.05) is 24.7 Å². The Morgan fingerprint density at radius 3 is 2.86 bits per heavy atom. The number of rotatable bonds is 5. The van der Waals surface area contributed by atoms with Gasteiger partial charge in [-0.2, -0.15) is 0 Å². The maximum absolute atomic E-state index is 10.9. The van der Waals surface area contributed by atoms with Gasteiger partial charge in [0.15, 0.2) is 0 Å². The van der Waals surface area contributed by atoms with Crippen molar-refractivity contribution in [2.24, 2.45) is 0 Å². The summed E-state index contributed by atoms with van der Waals surface area (Å²) in [4.78, 5) is 12.9. The number of nitro benzene ring substituents is 1. The molecule has 116 valence electrons. The summed E-state index contributed by atoms with van der Waals surface area (Å²) in [6.45, 7) is 3.93. The Bertz CT molecular complexity index is 507. The van der Waals surface area contributed by atoms with Crippen molar-refractivity contribution < 1.29 is 9.66 Å². The average molecular weight is 293 g/mol. The second-order valence-electron chi connectivity index (χ2n) is 5.73. The minimum absolute atomic E-state index is 0.0721. The molecule has 21 heavy (non-hydrogen) atoms. The van der Waals surface area contributed by atoms with Crippen LogP contribution in [0.15, 0.2) is 18.2 Å². The van der Waals surface area contributed by atoms with E-state index in [0.29, 0.717) is 24.4 Å². The van der Waals surface area contributed by atoms with Gasteiger partial charge in [0.25, 0.3) is 5.69 Å². The van der Waals surface area contributed by atoms with Crippen molar-refractivity contribution in [3.8, 4) is 5.75 Å². The molecule has 0 aromatic heterocycles. The highest BCUT2D eigenvalue weighted by Crippen LogP contribution is 2.23. The van der Waals surface area contributed by atoms with Gasteiger partial charge < -0.3 is 15.0 Å². The van der Waals surface area contributed by atoms with Crippen LogP contribution in [0.2, 0.25) is 0 Å². The topological polar surface area (TPSA) is 67.6 Å². The van der Waals surface area contributed by atoms with Crippen molar-refractivity contribution in [2.75, 3.05) is 20.7 Å². The second kappa shape index (κ2) is 6.87. The molecule has 1 aromatic rings. The molecule has 2 rings (SSSR count). The number of hydrogen-bond acceptors (Lipinski definition) is 5. The molecule has 0 bridgehead atoms. The molecule has 0 saturated carbocycles. The number of non-ortho nitro benzene ring substituents is 1. The highest BCUT2D eigenvalue weighted by Gasteiger charge is 2.22. The highest BCUT2D eigenvalue weighted by atomic mass is 16.6. The molecule has 1 N–H and O–H groups in total. The molecule has 1 heterocycles. The molecule has 6 nitrogen and oxygen atoms in total. The minimum Gasteiger partial charge on any atom is -0.496 e. The number of nitrogens with one attached hydrogen (secondary N) is 1. The molecule has 0 amide bonds. The Kier molecular flexibility index (Phi) is 5.14. The monoisotopic (exact) mass is 293 g/mol. The predicted octanol–water partition coefficient (Wildman–Crippen LogP) is 2.18. The molecule has 0 spiro atoms. The van der Waals surface area contributed by atoms with Gasteiger partial charge in [-0.15, -0.1) is 0 Å². The third-order valence-corrected chi connectivity index (χ3v) is 4.20. The summed E-state index contributed by atoms with van der Waals surface area (Å²) in [5.41, 5.74) is 0.954. The number of hydrogen-bond donors (Lipinski definition) is 1. The van der Waals surface area contributed by atoms with Crippen molar-refractivity contribution in [1.82, 2.24) is 10.2 Å². The Morgan fingerprint density at radius 1 is 1.48 bits per heavy atom. The molecule has 1 aliphatic rings. The molecule has 6 heteroatoms. The zero-order valence-corrected chi connectivity index (χ0v) is 12.8. The van der Waals surface area contributed by atoms with Gasteiger partial charge in [0.05, 0.1) is 18.1 Å². The van der Waals surface area contributed by atoms with Crippen molar-refractivity contribution in [1.29, 1.82) is 0 Å².